The summed E-state index contributed by atoms with van der Waals surface area (Å²) in [5, 5.41) is 9.45. The highest BCUT2D eigenvalue weighted by atomic mass is 31.2. The van der Waals surface area contributed by atoms with E-state index in [0.717, 1.165) is 22.7 Å². The van der Waals surface area contributed by atoms with Crippen LogP contribution in [0.5, 0.6) is 11.5 Å². The Bertz CT molecular complexity index is 2550. The Morgan fingerprint density at radius 3 is 1.99 bits per heavy atom. The summed E-state index contributed by atoms with van der Waals surface area (Å²) in [5.41, 5.74) is 8.83. The van der Waals surface area contributed by atoms with E-state index in [2.05, 4.69) is 109 Å². The average Bonchev–Trinajstić information content (AvgIpc) is 3.91. The van der Waals surface area contributed by atoms with Gasteiger partial charge in [0, 0.05) is 26.6 Å². The number of carbonyl (C=O) groups excluding carboxylic acids is 1. The molecule has 2 N–H and O–H groups in total. The minimum absolute atomic E-state index is 0.000239. The molecule has 73 heavy (non-hydrogen) atoms. The molecule has 0 spiro atoms. The van der Waals surface area contributed by atoms with Crippen LogP contribution in [0.1, 0.15) is 90.1 Å². The Labute approximate surface area is 436 Å². The Morgan fingerprint density at radius 1 is 0.863 bits per heavy atom. The number of hydrogen-bond acceptors (Lipinski definition) is 15. The molecule has 1 fully saturated rings. The molecule has 0 bridgehead atoms. The molecule has 3 aromatic carbocycles. The van der Waals surface area contributed by atoms with Crippen molar-refractivity contribution in [2.75, 3.05) is 39.8 Å². The second-order valence-electron chi connectivity index (χ2n) is 21.7. The van der Waals surface area contributed by atoms with Gasteiger partial charge in [0.05, 0.1) is 59.3 Å². The van der Waals surface area contributed by atoms with Crippen LogP contribution in [0.4, 0.5) is 5.82 Å². The van der Waals surface area contributed by atoms with E-state index in [9.17, 15) is 10.1 Å². The zero-order valence-corrected chi connectivity index (χ0v) is 48.3. The summed E-state index contributed by atoms with van der Waals surface area (Å²) in [7, 11) is -2.62. The van der Waals surface area contributed by atoms with Crippen molar-refractivity contribution in [3.8, 4) is 17.6 Å². The molecule has 2 aromatic heterocycles. The zero-order chi connectivity index (χ0) is 53.3. The number of nitrogens with zero attached hydrogens (tertiary/aromatic N) is 6. The van der Waals surface area contributed by atoms with Gasteiger partial charge in [0.1, 0.15) is 46.8 Å². The quantitative estimate of drug-likeness (QED) is 0.0191. The minimum Gasteiger partial charge on any atom is -0.497 e. The van der Waals surface area contributed by atoms with E-state index in [4.69, 9.17) is 52.9 Å². The molecule has 1 aliphatic rings. The predicted molar refractivity (Wildman–Crippen MR) is 291 cm³/mol. The lowest BCUT2D eigenvalue weighted by Gasteiger charge is -2.43. The third kappa shape index (κ3) is 13.9. The molecule has 0 amide bonds. The van der Waals surface area contributed by atoms with Crippen molar-refractivity contribution in [3.05, 3.63) is 108 Å². The molecule has 16 nitrogen and oxygen atoms in total. The number of imidazole rings is 1. The van der Waals surface area contributed by atoms with Gasteiger partial charge in [0.2, 0.25) is 0 Å². The van der Waals surface area contributed by atoms with Gasteiger partial charge in [0.25, 0.3) is 8.53 Å². The number of fused-ring (bicyclic) bond motifs is 1. The smallest absolute Gasteiger partial charge is 0.306 e. The van der Waals surface area contributed by atoms with Crippen molar-refractivity contribution < 1.29 is 42.0 Å². The highest BCUT2D eigenvalue weighted by molar-refractivity contribution is 7.44. The Morgan fingerprint density at radius 2 is 1.45 bits per heavy atom. The van der Waals surface area contributed by atoms with E-state index < -0.39 is 55.1 Å². The molecule has 5 atom stereocenters. The number of ether oxygens (including phenoxy) is 5. The van der Waals surface area contributed by atoms with Crippen molar-refractivity contribution >= 4 is 47.9 Å². The second-order valence-corrected chi connectivity index (χ2v) is 33.5. The molecule has 0 radical (unpaired) electrons. The van der Waals surface area contributed by atoms with Gasteiger partial charge < -0.3 is 42.9 Å². The highest BCUT2D eigenvalue weighted by Crippen LogP contribution is 2.53. The molecular weight excluding hydrogens is 978 g/mol. The van der Waals surface area contributed by atoms with E-state index in [0.29, 0.717) is 35.1 Å². The lowest BCUT2D eigenvalue weighted by molar-refractivity contribution is -0.143. The summed E-state index contributed by atoms with van der Waals surface area (Å²) in [6.45, 7) is 26.7. The summed E-state index contributed by atoms with van der Waals surface area (Å²) >= 11 is 0. The van der Waals surface area contributed by atoms with Gasteiger partial charge in [-0.1, -0.05) is 95.0 Å². The van der Waals surface area contributed by atoms with Gasteiger partial charge in [0.15, 0.2) is 26.0 Å². The van der Waals surface area contributed by atoms with Crippen LogP contribution in [-0.4, -0.2) is 111 Å². The maximum atomic E-state index is 13.0. The van der Waals surface area contributed by atoms with Gasteiger partial charge in [-0.2, -0.15) is 5.26 Å². The first kappa shape index (κ1) is 57.5. The van der Waals surface area contributed by atoms with Crippen LogP contribution in [0.2, 0.25) is 43.8 Å². The van der Waals surface area contributed by atoms with Crippen LogP contribution in [0, 0.1) is 11.3 Å². The van der Waals surface area contributed by atoms with E-state index >= 15 is 0 Å². The van der Waals surface area contributed by atoms with Crippen LogP contribution in [0.3, 0.4) is 0 Å². The molecule has 0 aliphatic carbocycles. The summed E-state index contributed by atoms with van der Waals surface area (Å²) in [6.07, 6.45) is -1.22. The van der Waals surface area contributed by atoms with Crippen molar-refractivity contribution in [3.63, 3.8) is 0 Å². The van der Waals surface area contributed by atoms with Crippen LogP contribution in [0.15, 0.2) is 85.2 Å². The standard InChI is InChI=1S/C54H78N7O9PSi2/c1-37(2)61(38(3)4)71(67-32-18-31-55)69-49-48(70-73(13,14)53(5,6)7)44(68-52(49)60-36-57-47-50(56)58-45(59-51(47)60)29-30-46(62)65-33-34-72(10,11)12)35-66-54(39-19-16-15-17-20-39,40-21-25-42(63-8)26-22-40)41-23-27-43(64-9)28-24-41/h15-17,19-28,36-38,44,48-49,52H,18,29-30,32-35H2,1-14H3,(H2,56,58,59)/t44-,48-,49-,52-,71?/m1/s1. The number of rotatable bonds is 25. The van der Waals surface area contributed by atoms with Gasteiger partial charge in [-0.25, -0.2) is 19.6 Å². The lowest BCUT2D eigenvalue weighted by atomic mass is 9.80. The molecular formula is C54H78N7O9PSi2. The largest absolute Gasteiger partial charge is 0.497 e. The lowest BCUT2D eigenvalue weighted by Crippen LogP contribution is -2.51. The highest BCUT2D eigenvalue weighted by Gasteiger charge is 2.54. The number of carbonyl (C=O) groups is 1. The van der Waals surface area contributed by atoms with Crippen LogP contribution in [-0.2, 0) is 44.5 Å². The molecule has 5 aromatic rings. The van der Waals surface area contributed by atoms with Gasteiger partial charge >= 0.3 is 5.97 Å². The summed E-state index contributed by atoms with van der Waals surface area (Å²) in [4.78, 5) is 27.3. The van der Waals surface area contributed by atoms with Gasteiger partial charge in [-0.3, -0.25) is 9.36 Å². The minimum atomic E-state index is -2.67. The summed E-state index contributed by atoms with van der Waals surface area (Å²) < 4.78 is 57.5. The predicted octanol–water partition coefficient (Wildman–Crippen LogP) is 11.2. The number of nitrogens with two attached hydrogens (primary N) is 1. The van der Waals surface area contributed by atoms with E-state index in [-0.39, 0.29) is 61.4 Å². The van der Waals surface area contributed by atoms with Crippen LogP contribution < -0.4 is 15.2 Å². The average molecular weight is 1060 g/mol. The monoisotopic (exact) mass is 1060 g/mol. The molecule has 1 aliphatic heterocycles. The number of aromatic nitrogens is 4. The fourth-order valence-electron chi connectivity index (χ4n) is 8.56. The molecule has 396 valence electrons. The first-order valence-electron chi connectivity index (χ1n) is 25.2. The number of methoxy groups -OCH3 is 2. The fourth-order valence-corrected chi connectivity index (χ4v) is 12.3. The summed E-state index contributed by atoms with van der Waals surface area (Å²) in [6, 6.07) is 29.0. The number of esters is 1. The van der Waals surface area contributed by atoms with Crippen molar-refractivity contribution in [2.45, 2.75) is 154 Å². The van der Waals surface area contributed by atoms with E-state index in [1.165, 1.54) is 0 Å². The SMILES string of the molecule is COc1ccc(C(OC[C@H]2O[C@@H](n3cnc4c(N)nc(CCC(=O)OCC[Si](C)(C)C)nc43)[C@H](OP(OCCC#N)N(C(C)C)C(C)C)[C@@H]2O[Si](C)(C)C(C)(C)C)(c2ccccc2)c2ccc(OC)cc2)cc1. The third-order valence-electron chi connectivity index (χ3n) is 13.5. The molecule has 1 unspecified atom stereocenters. The van der Waals surface area contributed by atoms with Crippen molar-refractivity contribution in [1.82, 2.24) is 24.2 Å². The maximum Gasteiger partial charge on any atom is 0.306 e. The van der Waals surface area contributed by atoms with Crippen LogP contribution >= 0.6 is 8.53 Å². The first-order chi connectivity index (χ1) is 34.5. The molecule has 3 heterocycles. The zero-order valence-electron chi connectivity index (χ0n) is 45.4. The Hall–Kier alpha value is -4.81. The Balaban J connectivity index is 1.53. The maximum absolute atomic E-state index is 13.0. The molecule has 6 rings (SSSR count). The molecule has 19 heteroatoms. The number of hydrogen-bond donors (Lipinski definition) is 1. The normalized spacial score (nSPS) is 18.1. The summed E-state index contributed by atoms with van der Waals surface area (Å²) in [5.74, 6) is 1.60. The van der Waals surface area contributed by atoms with Crippen molar-refractivity contribution in [1.29, 1.82) is 5.26 Å². The Kier molecular flexibility index (Phi) is 19.4. The number of nitrogen functional groups attached to an aromatic ring is 1. The first-order valence-corrected chi connectivity index (χ1v) is 33.0. The number of aryl methyl sites for hydroxylation is 1. The number of benzene rings is 3. The number of anilines is 1. The van der Waals surface area contributed by atoms with Gasteiger partial charge in [-0.15, -0.1) is 0 Å². The second kappa shape index (κ2) is 24.7. The van der Waals surface area contributed by atoms with Crippen LogP contribution in [0.25, 0.3) is 11.2 Å². The van der Waals surface area contributed by atoms with E-state index in [1.54, 1.807) is 20.5 Å². The van der Waals surface area contributed by atoms with Crippen molar-refractivity contribution in [2.24, 2.45) is 0 Å². The topological polar surface area (TPSA) is 188 Å². The molecule has 0 saturated carbocycles. The van der Waals surface area contributed by atoms with E-state index in [1.807, 2.05) is 71.3 Å². The molecule has 1 saturated heterocycles. The van der Waals surface area contributed by atoms with Gasteiger partial charge in [-0.05, 0) is 92.8 Å². The fraction of sp³-hybridized carbons (Fsp3) is 0.537. The third-order valence-corrected chi connectivity index (χ3v) is 21.8. The number of nitriles is 1.